The van der Waals surface area contributed by atoms with E-state index in [1.165, 1.54) is 5.56 Å². The normalized spacial score (nSPS) is 15.4. The highest BCUT2D eigenvalue weighted by atomic mass is 16.5. The van der Waals surface area contributed by atoms with E-state index >= 15 is 0 Å². The molecule has 31 heavy (non-hydrogen) atoms. The van der Waals surface area contributed by atoms with Crippen LogP contribution < -0.4 is 14.8 Å². The molecular formula is C24H29NO6. The van der Waals surface area contributed by atoms with Crippen molar-refractivity contribution in [3.63, 3.8) is 0 Å². The summed E-state index contributed by atoms with van der Waals surface area (Å²) < 4.78 is 21.9. The van der Waals surface area contributed by atoms with Gasteiger partial charge in [-0.3, -0.25) is 4.79 Å². The highest BCUT2D eigenvalue weighted by Crippen LogP contribution is 2.18. The fourth-order valence-electron chi connectivity index (χ4n) is 3.23. The largest absolute Gasteiger partial charge is 0.491 e. The highest BCUT2D eigenvalue weighted by molar-refractivity contribution is 5.91. The van der Waals surface area contributed by atoms with Gasteiger partial charge in [-0.25, -0.2) is 4.79 Å². The Morgan fingerprint density at radius 2 is 1.90 bits per heavy atom. The maximum absolute atomic E-state index is 12.1. The summed E-state index contributed by atoms with van der Waals surface area (Å²) >= 11 is 0. The van der Waals surface area contributed by atoms with Crippen LogP contribution in [0, 0.1) is 13.8 Å². The second kappa shape index (κ2) is 11.4. The van der Waals surface area contributed by atoms with Crippen LogP contribution >= 0.6 is 0 Å². The van der Waals surface area contributed by atoms with E-state index in [0.29, 0.717) is 31.1 Å². The van der Waals surface area contributed by atoms with Crippen molar-refractivity contribution in [1.82, 2.24) is 5.32 Å². The monoisotopic (exact) mass is 427 g/mol. The Morgan fingerprint density at radius 1 is 1.10 bits per heavy atom. The molecule has 1 atom stereocenters. The minimum Gasteiger partial charge on any atom is -0.491 e. The van der Waals surface area contributed by atoms with Crippen LogP contribution in [0.3, 0.4) is 0 Å². The van der Waals surface area contributed by atoms with Gasteiger partial charge in [0.25, 0.3) is 5.91 Å². The van der Waals surface area contributed by atoms with E-state index in [1.807, 2.05) is 32.0 Å². The molecule has 0 spiro atoms. The standard InChI is InChI=1S/C24H29NO6/c1-17-5-10-22(18(2)14-17)29-13-11-25-23(26)16-31-24(27)19-6-8-20(9-7-19)30-15-21-4-3-12-28-21/h5-10,14,21H,3-4,11-13,15-16H2,1-2H3,(H,25,26)/t21-/m1/s1. The number of ether oxygens (including phenoxy) is 4. The molecular weight excluding hydrogens is 398 g/mol. The molecule has 0 bridgehead atoms. The molecule has 2 aromatic rings. The van der Waals surface area contributed by atoms with Crippen LogP contribution in [0.4, 0.5) is 0 Å². The summed E-state index contributed by atoms with van der Waals surface area (Å²) in [7, 11) is 0. The highest BCUT2D eigenvalue weighted by Gasteiger charge is 2.16. The zero-order valence-corrected chi connectivity index (χ0v) is 18.0. The Bertz CT molecular complexity index is 874. The maximum Gasteiger partial charge on any atom is 0.338 e. The first-order chi connectivity index (χ1) is 15.0. The van der Waals surface area contributed by atoms with Crippen molar-refractivity contribution in [3.8, 4) is 11.5 Å². The van der Waals surface area contributed by atoms with Gasteiger partial charge in [-0.15, -0.1) is 0 Å². The molecule has 7 heteroatoms. The van der Waals surface area contributed by atoms with E-state index in [0.717, 1.165) is 30.8 Å². The van der Waals surface area contributed by atoms with Gasteiger partial charge in [0.05, 0.1) is 18.2 Å². The van der Waals surface area contributed by atoms with Gasteiger partial charge in [-0.1, -0.05) is 17.7 Å². The van der Waals surface area contributed by atoms with Gasteiger partial charge >= 0.3 is 5.97 Å². The van der Waals surface area contributed by atoms with Gasteiger partial charge in [0.1, 0.15) is 24.7 Å². The predicted molar refractivity (Wildman–Crippen MR) is 116 cm³/mol. The number of hydrogen-bond acceptors (Lipinski definition) is 6. The Kier molecular flexibility index (Phi) is 8.29. The summed E-state index contributed by atoms with van der Waals surface area (Å²) in [5.41, 5.74) is 2.57. The lowest BCUT2D eigenvalue weighted by Crippen LogP contribution is -2.32. The third kappa shape index (κ3) is 7.29. The van der Waals surface area contributed by atoms with Crippen LogP contribution in [0.1, 0.15) is 34.3 Å². The lowest BCUT2D eigenvalue weighted by atomic mass is 10.1. The number of aryl methyl sites for hydroxylation is 2. The zero-order valence-electron chi connectivity index (χ0n) is 18.0. The molecule has 3 rings (SSSR count). The van der Waals surface area contributed by atoms with Crippen molar-refractivity contribution in [1.29, 1.82) is 0 Å². The molecule has 1 amide bonds. The van der Waals surface area contributed by atoms with Crippen LogP contribution in [-0.4, -0.2) is 51.0 Å². The van der Waals surface area contributed by atoms with Gasteiger partial charge in [0, 0.05) is 6.61 Å². The van der Waals surface area contributed by atoms with Gasteiger partial charge < -0.3 is 24.3 Å². The van der Waals surface area contributed by atoms with Crippen molar-refractivity contribution < 1.29 is 28.5 Å². The van der Waals surface area contributed by atoms with E-state index in [1.54, 1.807) is 24.3 Å². The topological polar surface area (TPSA) is 83.1 Å². The number of amides is 1. The van der Waals surface area contributed by atoms with Crippen LogP contribution in [0.15, 0.2) is 42.5 Å². The molecule has 0 aromatic heterocycles. The minimum atomic E-state index is -0.563. The summed E-state index contributed by atoms with van der Waals surface area (Å²) in [5, 5.41) is 2.67. The van der Waals surface area contributed by atoms with Crippen molar-refractivity contribution in [2.24, 2.45) is 0 Å². The van der Waals surface area contributed by atoms with Gasteiger partial charge in [0.15, 0.2) is 6.61 Å². The average molecular weight is 427 g/mol. The first-order valence-electron chi connectivity index (χ1n) is 10.5. The van der Waals surface area contributed by atoms with Gasteiger partial charge in [-0.05, 0) is 62.6 Å². The first-order valence-corrected chi connectivity index (χ1v) is 10.5. The molecule has 1 aliphatic heterocycles. The Morgan fingerprint density at radius 3 is 2.61 bits per heavy atom. The molecule has 1 saturated heterocycles. The fourth-order valence-corrected chi connectivity index (χ4v) is 3.23. The smallest absolute Gasteiger partial charge is 0.338 e. The molecule has 1 heterocycles. The molecule has 1 N–H and O–H groups in total. The number of carbonyl (C=O) groups is 2. The fraction of sp³-hybridized carbons (Fsp3) is 0.417. The second-order valence-corrected chi connectivity index (χ2v) is 7.51. The second-order valence-electron chi connectivity index (χ2n) is 7.51. The molecule has 2 aromatic carbocycles. The summed E-state index contributed by atoms with van der Waals surface area (Å²) in [6.07, 6.45) is 2.20. The third-order valence-corrected chi connectivity index (χ3v) is 4.90. The summed E-state index contributed by atoms with van der Waals surface area (Å²) in [6.45, 7) is 5.58. The molecule has 1 aliphatic rings. The first kappa shape index (κ1) is 22.6. The van der Waals surface area contributed by atoms with Crippen molar-refractivity contribution in [2.75, 3.05) is 33.0 Å². The molecule has 0 aliphatic carbocycles. The number of hydrogen-bond donors (Lipinski definition) is 1. The SMILES string of the molecule is Cc1ccc(OCCNC(=O)COC(=O)c2ccc(OC[C@H]3CCCO3)cc2)c(C)c1. The van der Waals surface area contributed by atoms with E-state index in [2.05, 4.69) is 5.32 Å². The summed E-state index contributed by atoms with van der Waals surface area (Å²) in [5.74, 6) is 0.504. The maximum atomic E-state index is 12.1. The van der Waals surface area contributed by atoms with Crippen LogP contribution in [-0.2, 0) is 14.3 Å². The molecule has 7 nitrogen and oxygen atoms in total. The summed E-state index contributed by atoms with van der Waals surface area (Å²) in [6, 6.07) is 12.6. The molecule has 0 saturated carbocycles. The number of esters is 1. The van der Waals surface area contributed by atoms with Crippen molar-refractivity contribution >= 4 is 11.9 Å². The Balaban J connectivity index is 1.32. The van der Waals surface area contributed by atoms with Gasteiger partial charge in [-0.2, -0.15) is 0 Å². The quantitative estimate of drug-likeness (QED) is 0.463. The van der Waals surface area contributed by atoms with E-state index in [4.69, 9.17) is 18.9 Å². The van der Waals surface area contributed by atoms with Crippen LogP contribution in [0.5, 0.6) is 11.5 Å². The third-order valence-electron chi connectivity index (χ3n) is 4.90. The molecule has 0 unspecified atom stereocenters. The molecule has 166 valence electrons. The van der Waals surface area contributed by atoms with Gasteiger partial charge in [0.2, 0.25) is 0 Å². The molecule has 1 fully saturated rings. The number of benzene rings is 2. The molecule has 0 radical (unpaired) electrons. The number of nitrogens with one attached hydrogen (secondary N) is 1. The van der Waals surface area contributed by atoms with E-state index in [-0.39, 0.29) is 18.6 Å². The zero-order chi connectivity index (χ0) is 22.1. The average Bonchev–Trinajstić information content (AvgIpc) is 3.29. The minimum absolute atomic E-state index is 0.134. The Labute approximate surface area is 182 Å². The summed E-state index contributed by atoms with van der Waals surface area (Å²) in [4.78, 5) is 24.0. The lowest BCUT2D eigenvalue weighted by Gasteiger charge is -2.12. The predicted octanol–water partition coefficient (Wildman–Crippen LogP) is 3.21. The van der Waals surface area contributed by atoms with E-state index < -0.39 is 5.97 Å². The number of carbonyl (C=O) groups excluding carboxylic acids is 2. The Hall–Kier alpha value is -3.06. The van der Waals surface area contributed by atoms with Crippen molar-refractivity contribution in [3.05, 3.63) is 59.2 Å². The number of rotatable bonds is 10. The van der Waals surface area contributed by atoms with E-state index in [9.17, 15) is 9.59 Å². The van der Waals surface area contributed by atoms with Crippen molar-refractivity contribution in [2.45, 2.75) is 32.8 Å². The van der Waals surface area contributed by atoms with Crippen LogP contribution in [0.2, 0.25) is 0 Å². The van der Waals surface area contributed by atoms with Crippen LogP contribution in [0.25, 0.3) is 0 Å². The lowest BCUT2D eigenvalue weighted by molar-refractivity contribution is -0.124.